The third kappa shape index (κ3) is 4.63. The van der Waals surface area contributed by atoms with Crippen LogP contribution in [-0.2, 0) is 19.2 Å². The molecular formula is C12H13N3O4. The summed E-state index contributed by atoms with van der Waals surface area (Å²) in [7, 11) is 0. The Kier molecular flexibility index (Phi) is 5.29. The van der Waals surface area contributed by atoms with Gasteiger partial charge in [0.05, 0.1) is 13.1 Å². The van der Waals surface area contributed by atoms with Crippen LogP contribution in [0.1, 0.15) is 6.42 Å². The molecule has 7 heteroatoms. The van der Waals surface area contributed by atoms with Crippen molar-refractivity contribution in [1.29, 1.82) is 0 Å². The SMILES string of the molecule is C#CCNC(=O)CNC(=O)CCN1C(=O)C=CC1=O. The minimum absolute atomic E-state index is 0.0114. The molecule has 0 aromatic heterocycles. The number of imide groups is 1. The van der Waals surface area contributed by atoms with E-state index in [9.17, 15) is 19.2 Å². The Bertz CT molecular complexity index is 458. The first-order valence-electron chi connectivity index (χ1n) is 5.55. The first-order chi connectivity index (χ1) is 9.04. The summed E-state index contributed by atoms with van der Waals surface area (Å²) >= 11 is 0. The van der Waals surface area contributed by atoms with Gasteiger partial charge in [0.1, 0.15) is 0 Å². The molecule has 0 saturated heterocycles. The maximum absolute atomic E-state index is 11.4. The molecule has 0 bridgehead atoms. The lowest BCUT2D eigenvalue weighted by Gasteiger charge is -2.13. The van der Waals surface area contributed by atoms with Crippen LogP contribution in [0.15, 0.2) is 12.2 Å². The van der Waals surface area contributed by atoms with Gasteiger partial charge >= 0.3 is 0 Å². The minimum Gasteiger partial charge on any atom is -0.347 e. The molecule has 2 N–H and O–H groups in total. The second-order valence-electron chi connectivity index (χ2n) is 3.67. The number of rotatable bonds is 6. The molecule has 0 unspecified atom stereocenters. The van der Waals surface area contributed by atoms with Crippen molar-refractivity contribution in [2.75, 3.05) is 19.6 Å². The van der Waals surface area contributed by atoms with E-state index in [0.717, 1.165) is 17.1 Å². The van der Waals surface area contributed by atoms with Crippen LogP contribution in [0, 0.1) is 12.3 Å². The van der Waals surface area contributed by atoms with Gasteiger partial charge in [-0.05, 0) is 0 Å². The van der Waals surface area contributed by atoms with Crippen molar-refractivity contribution in [3.63, 3.8) is 0 Å². The number of nitrogens with zero attached hydrogens (tertiary/aromatic N) is 1. The molecule has 1 aliphatic heterocycles. The molecule has 4 amide bonds. The maximum atomic E-state index is 11.4. The Balaban J connectivity index is 2.22. The summed E-state index contributed by atoms with van der Waals surface area (Å²) in [5.41, 5.74) is 0. The van der Waals surface area contributed by atoms with E-state index in [1.165, 1.54) is 0 Å². The normalized spacial score (nSPS) is 13.3. The van der Waals surface area contributed by atoms with Gasteiger partial charge in [-0.1, -0.05) is 5.92 Å². The van der Waals surface area contributed by atoms with Gasteiger partial charge in [0, 0.05) is 25.1 Å². The summed E-state index contributed by atoms with van der Waals surface area (Å²) in [6, 6.07) is 0. The highest BCUT2D eigenvalue weighted by Gasteiger charge is 2.23. The Morgan fingerprint density at radius 3 is 2.37 bits per heavy atom. The van der Waals surface area contributed by atoms with Crippen LogP contribution in [0.3, 0.4) is 0 Å². The van der Waals surface area contributed by atoms with E-state index in [2.05, 4.69) is 16.6 Å². The second kappa shape index (κ2) is 6.96. The van der Waals surface area contributed by atoms with Crippen molar-refractivity contribution in [3.8, 4) is 12.3 Å². The largest absolute Gasteiger partial charge is 0.347 e. The summed E-state index contributed by atoms with van der Waals surface area (Å²) in [5.74, 6) is 0.516. The first-order valence-corrected chi connectivity index (χ1v) is 5.55. The zero-order chi connectivity index (χ0) is 14.3. The van der Waals surface area contributed by atoms with E-state index in [1.54, 1.807) is 0 Å². The molecule has 0 fully saturated rings. The summed E-state index contributed by atoms with van der Waals surface area (Å²) < 4.78 is 0. The topological polar surface area (TPSA) is 95.6 Å². The molecule has 0 spiro atoms. The van der Waals surface area contributed by atoms with Crippen LogP contribution >= 0.6 is 0 Å². The molecule has 7 nitrogen and oxygen atoms in total. The van der Waals surface area contributed by atoms with Crippen LogP contribution < -0.4 is 10.6 Å². The van der Waals surface area contributed by atoms with Crippen molar-refractivity contribution < 1.29 is 19.2 Å². The molecule has 0 atom stereocenters. The molecule has 19 heavy (non-hydrogen) atoms. The van der Waals surface area contributed by atoms with Crippen LogP contribution in [-0.4, -0.2) is 48.2 Å². The molecule has 0 saturated carbocycles. The predicted molar refractivity (Wildman–Crippen MR) is 65.3 cm³/mol. The van der Waals surface area contributed by atoms with Crippen molar-refractivity contribution in [3.05, 3.63) is 12.2 Å². The third-order valence-electron chi connectivity index (χ3n) is 2.30. The van der Waals surface area contributed by atoms with E-state index >= 15 is 0 Å². The number of nitrogens with one attached hydrogen (secondary N) is 2. The van der Waals surface area contributed by atoms with Crippen molar-refractivity contribution in [1.82, 2.24) is 15.5 Å². The molecule has 0 aliphatic carbocycles. The van der Waals surface area contributed by atoms with Crippen LogP contribution in [0.2, 0.25) is 0 Å². The fraction of sp³-hybridized carbons (Fsp3) is 0.333. The van der Waals surface area contributed by atoms with Gasteiger partial charge in [0.15, 0.2) is 0 Å². The number of terminal acetylenes is 1. The maximum Gasteiger partial charge on any atom is 0.253 e. The van der Waals surface area contributed by atoms with Gasteiger partial charge in [-0.25, -0.2) is 0 Å². The lowest BCUT2D eigenvalue weighted by molar-refractivity contribution is -0.137. The van der Waals surface area contributed by atoms with Crippen LogP contribution in [0.25, 0.3) is 0 Å². The molecule has 1 aliphatic rings. The average molecular weight is 263 g/mol. The third-order valence-corrected chi connectivity index (χ3v) is 2.30. The summed E-state index contributed by atoms with van der Waals surface area (Å²) in [4.78, 5) is 45.8. The highest BCUT2D eigenvalue weighted by molar-refractivity contribution is 6.13. The van der Waals surface area contributed by atoms with E-state index in [-0.39, 0.29) is 26.1 Å². The Hall–Kier alpha value is -2.62. The average Bonchev–Trinajstić information content (AvgIpc) is 2.71. The van der Waals surface area contributed by atoms with Crippen molar-refractivity contribution in [2.45, 2.75) is 6.42 Å². The molecule has 1 rings (SSSR count). The van der Waals surface area contributed by atoms with Gasteiger partial charge in [-0.2, -0.15) is 0 Å². The van der Waals surface area contributed by atoms with Crippen LogP contribution in [0.4, 0.5) is 0 Å². The smallest absolute Gasteiger partial charge is 0.253 e. The molecule has 100 valence electrons. The first kappa shape index (κ1) is 14.4. The Morgan fingerprint density at radius 2 is 1.79 bits per heavy atom. The van der Waals surface area contributed by atoms with Gasteiger partial charge in [-0.15, -0.1) is 6.42 Å². The molecule has 1 heterocycles. The summed E-state index contributed by atoms with van der Waals surface area (Å²) in [6.45, 7) is -0.111. The summed E-state index contributed by atoms with van der Waals surface area (Å²) in [5, 5.41) is 4.74. The minimum atomic E-state index is -0.440. The van der Waals surface area contributed by atoms with E-state index < -0.39 is 23.6 Å². The number of amides is 4. The molecule has 0 radical (unpaired) electrons. The van der Waals surface area contributed by atoms with E-state index in [1.807, 2.05) is 0 Å². The molecular weight excluding hydrogens is 250 g/mol. The number of hydrogen-bond donors (Lipinski definition) is 2. The Labute approximate surface area is 110 Å². The quantitative estimate of drug-likeness (QED) is 0.435. The fourth-order valence-electron chi connectivity index (χ4n) is 1.34. The zero-order valence-electron chi connectivity index (χ0n) is 10.1. The predicted octanol–water partition coefficient (Wildman–Crippen LogP) is -1.83. The fourth-order valence-corrected chi connectivity index (χ4v) is 1.34. The highest BCUT2D eigenvalue weighted by Crippen LogP contribution is 2.03. The monoisotopic (exact) mass is 263 g/mol. The number of carbonyl (C=O) groups excluding carboxylic acids is 4. The standard InChI is InChI=1S/C12H13N3O4/c1-2-6-13-10(17)8-14-9(16)5-7-15-11(18)3-4-12(15)19/h1,3-4H,5-8H2,(H,13,17)(H,14,16). The molecule has 0 aromatic carbocycles. The van der Waals surface area contributed by atoms with E-state index in [4.69, 9.17) is 6.42 Å². The molecule has 0 aromatic rings. The van der Waals surface area contributed by atoms with Gasteiger partial charge in [0.2, 0.25) is 11.8 Å². The van der Waals surface area contributed by atoms with E-state index in [0.29, 0.717) is 0 Å². The number of hydrogen-bond acceptors (Lipinski definition) is 4. The lowest BCUT2D eigenvalue weighted by atomic mass is 10.3. The second-order valence-corrected chi connectivity index (χ2v) is 3.67. The van der Waals surface area contributed by atoms with Crippen LogP contribution in [0.5, 0.6) is 0 Å². The zero-order valence-corrected chi connectivity index (χ0v) is 10.1. The highest BCUT2D eigenvalue weighted by atomic mass is 16.2. The van der Waals surface area contributed by atoms with Gasteiger partial charge < -0.3 is 10.6 Å². The van der Waals surface area contributed by atoms with Crippen molar-refractivity contribution >= 4 is 23.6 Å². The van der Waals surface area contributed by atoms with Crippen molar-refractivity contribution in [2.24, 2.45) is 0 Å². The Morgan fingerprint density at radius 1 is 1.16 bits per heavy atom. The van der Waals surface area contributed by atoms with Gasteiger partial charge in [0.25, 0.3) is 11.8 Å². The van der Waals surface area contributed by atoms with Gasteiger partial charge in [-0.3, -0.25) is 24.1 Å². The number of carbonyl (C=O) groups is 4. The lowest BCUT2D eigenvalue weighted by Crippen LogP contribution is -2.39. The summed E-state index contributed by atoms with van der Waals surface area (Å²) in [6.07, 6.45) is 7.19.